The lowest BCUT2D eigenvalue weighted by molar-refractivity contribution is -0.140. The SMILES string of the molecule is COc1cccc(CN(C(=O)CN(c2cc(Cl)ccc2Cl)S(=O)(=O)c2ccc(C)cc2)[C@@H](Cc2ccccc2)C(=O)NC2CCCC2)c1. The molecule has 0 bridgehead atoms. The summed E-state index contributed by atoms with van der Waals surface area (Å²) in [6.07, 6.45) is 3.99. The molecule has 8 nitrogen and oxygen atoms in total. The second-order valence-corrected chi connectivity index (χ2v) is 14.7. The summed E-state index contributed by atoms with van der Waals surface area (Å²) in [4.78, 5) is 30.3. The molecular weight excluding hydrogens is 669 g/mol. The van der Waals surface area contributed by atoms with Crippen molar-refractivity contribution in [3.05, 3.63) is 124 Å². The summed E-state index contributed by atoms with van der Waals surface area (Å²) >= 11 is 12.9. The van der Waals surface area contributed by atoms with E-state index in [-0.39, 0.29) is 45.5 Å². The molecule has 5 rings (SSSR count). The van der Waals surface area contributed by atoms with E-state index in [9.17, 15) is 18.0 Å². The fourth-order valence-corrected chi connectivity index (χ4v) is 7.78. The van der Waals surface area contributed by atoms with Gasteiger partial charge in [0.05, 0.1) is 22.7 Å². The maximum atomic E-state index is 14.7. The van der Waals surface area contributed by atoms with Gasteiger partial charge in [0.15, 0.2) is 0 Å². The zero-order valence-electron chi connectivity index (χ0n) is 26.9. The van der Waals surface area contributed by atoms with E-state index < -0.39 is 28.5 Å². The van der Waals surface area contributed by atoms with Crippen molar-refractivity contribution in [2.75, 3.05) is 18.0 Å². The van der Waals surface area contributed by atoms with Crippen LogP contribution in [0.5, 0.6) is 5.75 Å². The number of nitrogens with zero attached hydrogens (tertiary/aromatic N) is 2. The number of amides is 2. The monoisotopic (exact) mass is 707 g/mol. The Morgan fingerprint density at radius 1 is 0.896 bits per heavy atom. The number of methoxy groups -OCH3 is 1. The lowest BCUT2D eigenvalue weighted by Crippen LogP contribution is -2.54. The minimum atomic E-state index is -4.32. The molecule has 0 unspecified atom stereocenters. The number of sulfonamides is 1. The van der Waals surface area contributed by atoms with E-state index in [4.69, 9.17) is 27.9 Å². The van der Waals surface area contributed by atoms with Crippen molar-refractivity contribution in [3.63, 3.8) is 0 Å². The second kappa shape index (κ2) is 15.9. The van der Waals surface area contributed by atoms with Gasteiger partial charge in [-0.25, -0.2) is 8.42 Å². The highest BCUT2D eigenvalue weighted by Crippen LogP contribution is 2.33. The Morgan fingerprint density at radius 3 is 2.27 bits per heavy atom. The number of hydrogen-bond acceptors (Lipinski definition) is 5. The van der Waals surface area contributed by atoms with Crippen LogP contribution in [0.3, 0.4) is 0 Å². The molecule has 252 valence electrons. The average molecular weight is 709 g/mol. The fourth-order valence-electron chi connectivity index (χ4n) is 5.92. The normalized spacial score (nSPS) is 13.9. The zero-order valence-corrected chi connectivity index (χ0v) is 29.3. The zero-order chi connectivity index (χ0) is 34.3. The first-order chi connectivity index (χ1) is 23.0. The van der Waals surface area contributed by atoms with Gasteiger partial charge in [0.1, 0.15) is 18.3 Å². The van der Waals surface area contributed by atoms with Crippen LogP contribution in [0, 0.1) is 6.92 Å². The maximum absolute atomic E-state index is 14.7. The number of carbonyl (C=O) groups is 2. The molecule has 0 radical (unpaired) electrons. The summed E-state index contributed by atoms with van der Waals surface area (Å²) in [7, 11) is -2.77. The van der Waals surface area contributed by atoms with Gasteiger partial charge >= 0.3 is 0 Å². The smallest absolute Gasteiger partial charge is 0.264 e. The Balaban J connectivity index is 1.60. The van der Waals surface area contributed by atoms with Gasteiger partial charge in [0, 0.05) is 24.0 Å². The van der Waals surface area contributed by atoms with E-state index in [1.54, 1.807) is 37.4 Å². The molecule has 0 spiro atoms. The van der Waals surface area contributed by atoms with Crippen LogP contribution >= 0.6 is 23.2 Å². The number of benzene rings is 4. The highest BCUT2D eigenvalue weighted by Gasteiger charge is 2.36. The molecule has 0 heterocycles. The predicted octanol–water partition coefficient (Wildman–Crippen LogP) is 7.20. The standard InChI is InChI=1S/C37H39Cl2N3O5S/c1-26-15-18-32(19-16-26)48(45,46)42(34-23-29(38)17-20-33(34)39)25-36(43)41(24-28-11-8-14-31(21-28)47-2)35(22-27-9-4-3-5-10-27)37(44)40-30-12-6-7-13-30/h3-5,8-11,14-21,23,30,35H,6-7,12-13,22,24-25H2,1-2H3,(H,40,44)/t35-/m0/s1. The lowest BCUT2D eigenvalue weighted by Gasteiger charge is -2.34. The number of hydrogen-bond donors (Lipinski definition) is 1. The molecule has 1 aliphatic rings. The average Bonchev–Trinajstić information content (AvgIpc) is 3.60. The van der Waals surface area contributed by atoms with Crippen LogP contribution in [-0.4, -0.2) is 50.9 Å². The summed E-state index contributed by atoms with van der Waals surface area (Å²) in [5.41, 5.74) is 2.49. The van der Waals surface area contributed by atoms with Gasteiger partial charge in [0.2, 0.25) is 11.8 Å². The van der Waals surface area contributed by atoms with Crippen LogP contribution in [-0.2, 0) is 32.6 Å². The third kappa shape index (κ3) is 8.69. The minimum Gasteiger partial charge on any atom is -0.497 e. The van der Waals surface area contributed by atoms with Crippen LogP contribution in [0.2, 0.25) is 10.0 Å². The first-order valence-electron chi connectivity index (χ1n) is 15.9. The van der Waals surface area contributed by atoms with E-state index >= 15 is 0 Å². The largest absolute Gasteiger partial charge is 0.497 e. The lowest BCUT2D eigenvalue weighted by atomic mass is 10.0. The van der Waals surface area contributed by atoms with E-state index in [1.807, 2.05) is 49.4 Å². The quantitative estimate of drug-likeness (QED) is 0.159. The second-order valence-electron chi connectivity index (χ2n) is 12.0. The molecule has 4 aromatic rings. The van der Waals surface area contributed by atoms with Crippen molar-refractivity contribution in [1.29, 1.82) is 0 Å². The molecular formula is C37H39Cl2N3O5S. The maximum Gasteiger partial charge on any atom is 0.264 e. The topological polar surface area (TPSA) is 96.0 Å². The first-order valence-corrected chi connectivity index (χ1v) is 18.1. The molecule has 0 saturated heterocycles. The van der Waals surface area contributed by atoms with E-state index in [1.165, 1.54) is 29.2 Å². The Hall–Kier alpha value is -4.05. The summed E-state index contributed by atoms with van der Waals surface area (Å²) in [5, 5.41) is 3.52. The molecule has 0 aromatic heterocycles. The highest BCUT2D eigenvalue weighted by molar-refractivity contribution is 7.92. The van der Waals surface area contributed by atoms with Gasteiger partial charge < -0.3 is 15.0 Å². The van der Waals surface area contributed by atoms with E-state index in [0.717, 1.165) is 41.1 Å². The van der Waals surface area contributed by atoms with Crippen LogP contribution < -0.4 is 14.4 Å². The third-order valence-corrected chi connectivity index (χ3v) is 10.9. The van der Waals surface area contributed by atoms with Gasteiger partial charge in [0.25, 0.3) is 10.0 Å². The van der Waals surface area contributed by atoms with Gasteiger partial charge in [-0.05, 0) is 73.4 Å². The number of aryl methyl sites for hydroxylation is 1. The molecule has 48 heavy (non-hydrogen) atoms. The van der Waals surface area contributed by atoms with Crippen molar-refractivity contribution in [2.24, 2.45) is 0 Å². The summed E-state index contributed by atoms with van der Waals surface area (Å²) < 4.78 is 35.0. The summed E-state index contributed by atoms with van der Waals surface area (Å²) in [5.74, 6) is -0.299. The molecule has 1 saturated carbocycles. The van der Waals surface area contributed by atoms with E-state index in [2.05, 4.69) is 5.32 Å². The molecule has 1 aliphatic carbocycles. The molecule has 2 amide bonds. The molecule has 0 aliphatic heterocycles. The van der Waals surface area contributed by atoms with Crippen molar-refractivity contribution in [3.8, 4) is 5.75 Å². The fraction of sp³-hybridized carbons (Fsp3) is 0.297. The van der Waals surface area contributed by atoms with Gasteiger partial charge in [-0.1, -0.05) is 96.2 Å². The molecule has 1 fully saturated rings. The molecule has 1 atom stereocenters. The van der Waals surface area contributed by atoms with Crippen LogP contribution in [0.1, 0.15) is 42.4 Å². The van der Waals surface area contributed by atoms with Crippen LogP contribution in [0.25, 0.3) is 0 Å². The third-order valence-electron chi connectivity index (χ3n) is 8.52. The number of anilines is 1. The van der Waals surface area contributed by atoms with Gasteiger partial charge in [-0.15, -0.1) is 0 Å². The number of ether oxygens (including phenoxy) is 1. The van der Waals surface area contributed by atoms with Crippen LogP contribution in [0.15, 0.2) is 102 Å². The minimum absolute atomic E-state index is 0.00762. The Kier molecular flexibility index (Phi) is 11.7. The molecule has 11 heteroatoms. The van der Waals surface area contributed by atoms with Gasteiger partial charge in [-0.2, -0.15) is 0 Å². The highest BCUT2D eigenvalue weighted by atomic mass is 35.5. The first kappa shape index (κ1) is 35.3. The van der Waals surface area contributed by atoms with Gasteiger partial charge in [-0.3, -0.25) is 13.9 Å². The van der Waals surface area contributed by atoms with E-state index in [0.29, 0.717) is 11.3 Å². The Morgan fingerprint density at radius 2 is 1.58 bits per heavy atom. The number of carbonyl (C=O) groups excluding carboxylic acids is 2. The molecule has 4 aromatic carbocycles. The number of halogens is 2. The van der Waals surface area contributed by atoms with Crippen molar-refractivity contribution in [1.82, 2.24) is 10.2 Å². The summed E-state index contributed by atoms with van der Waals surface area (Å²) in [6, 6.07) is 26.6. The van der Waals surface area contributed by atoms with Crippen LogP contribution in [0.4, 0.5) is 5.69 Å². The number of rotatable bonds is 13. The predicted molar refractivity (Wildman–Crippen MR) is 190 cm³/mol. The van der Waals surface area contributed by atoms with Crippen molar-refractivity contribution in [2.45, 2.75) is 62.6 Å². The summed E-state index contributed by atoms with van der Waals surface area (Å²) in [6.45, 7) is 1.24. The van der Waals surface area contributed by atoms with Crippen molar-refractivity contribution < 1.29 is 22.7 Å². The molecule has 1 N–H and O–H groups in total. The Labute approximate surface area is 292 Å². The Bertz CT molecular complexity index is 1830. The van der Waals surface area contributed by atoms with Crippen molar-refractivity contribution >= 4 is 50.7 Å². The number of nitrogens with one attached hydrogen (secondary N) is 1.